The summed E-state index contributed by atoms with van der Waals surface area (Å²) < 4.78 is 31.9. The Balaban J connectivity index is 2.73. The Hall–Kier alpha value is -1.39. The minimum Gasteiger partial charge on any atom is -0.384 e. The fraction of sp³-hybridized carbons (Fsp3) is 0.467. The Morgan fingerprint density at radius 3 is 2.76 bits per heavy atom. The molecule has 21 heavy (non-hydrogen) atoms. The topological polar surface area (TPSA) is 75.6 Å². The van der Waals surface area contributed by atoms with Crippen molar-refractivity contribution in [1.29, 1.82) is 0 Å². The highest BCUT2D eigenvalue weighted by Gasteiger charge is 2.14. The molecule has 0 amide bonds. The summed E-state index contributed by atoms with van der Waals surface area (Å²) in [4.78, 5) is 0.214. The van der Waals surface area contributed by atoms with E-state index in [9.17, 15) is 8.42 Å². The van der Waals surface area contributed by atoms with Crippen molar-refractivity contribution in [2.75, 3.05) is 26.4 Å². The van der Waals surface area contributed by atoms with Gasteiger partial charge in [0.25, 0.3) is 0 Å². The van der Waals surface area contributed by atoms with Crippen LogP contribution in [0.3, 0.4) is 0 Å². The van der Waals surface area contributed by atoms with Crippen LogP contribution in [0.1, 0.15) is 24.5 Å². The lowest BCUT2D eigenvalue weighted by atomic mass is 10.1. The van der Waals surface area contributed by atoms with Crippen LogP contribution in [0.15, 0.2) is 23.1 Å². The average molecular weight is 311 g/mol. The molecule has 1 aromatic carbocycles. The van der Waals surface area contributed by atoms with Crippen molar-refractivity contribution in [1.82, 2.24) is 4.72 Å². The highest BCUT2D eigenvalue weighted by atomic mass is 32.2. The molecule has 0 aliphatic heterocycles. The number of benzene rings is 1. The molecule has 0 unspecified atom stereocenters. The SMILES string of the molecule is CCOCCCNS(=O)(=O)c1ccc(C#CCO)c(C)c1. The van der Waals surface area contributed by atoms with Gasteiger partial charge >= 0.3 is 0 Å². The summed E-state index contributed by atoms with van der Waals surface area (Å²) in [7, 11) is -3.51. The minimum absolute atomic E-state index is 0.214. The van der Waals surface area contributed by atoms with Crippen LogP contribution in [0.4, 0.5) is 0 Å². The number of aliphatic hydroxyl groups is 1. The number of sulfonamides is 1. The molecule has 1 aromatic rings. The summed E-state index contributed by atoms with van der Waals surface area (Å²) >= 11 is 0. The molecule has 0 heterocycles. The van der Waals surface area contributed by atoms with Gasteiger partial charge < -0.3 is 9.84 Å². The van der Waals surface area contributed by atoms with Gasteiger partial charge in [-0.15, -0.1) is 0 Å². The van der Waals surface area contributed by atoms with Gasteiger partial charge in [-0.3, -0.25) is 0 Å². The van der Waals surface area contributed by atoms with Gasteiger partial charge in [0, 0.05) is 25.3 Å². The third kappa shape index (κ3) is 5.86. The molecular formula is C15H21NO4S. The molecule has 0 fully saturated rings. The second-order valence-electron chi connectivity index (χ2n) is 4.38. The number of hydrogen-bond acceptors (Lipinski definition) is 4. The summed E-state index contributed by atoms with van der Waals surface area (Å²) in [5.74, 6) is 5.32. The molecule has 0 bridgehead atoms. The van der Waals surface area contributed by atoms with E-state index in [2.05, 4.69) is 16.6 Å². The van der Waals surface area contributed by atoms with Crippen LogP contribution in [-0.4, -0.2) is 39.9 Å². The van der Waals surface area contributed by atoms with Crippen LogP contribution in [-0.2, 0) is 14.8 Å². The van der Waals surface area contributed by atoms with Gasteiger partial charge in [-0.25, -0.2) is 13.1 Å². The molecule has 0 saturated carbocycles. The number of aryl methyl sites for hydroxylation is 1. The number of ether oxygens (including phenoxy) is 1. The van der Waals surface area contributed by atoms with E-state index < -0.39 is 10.0 Å². The third-order valence-corrected chi connectivity index (χ3v) is 4.23. The molecule has 0 radical (unpaired) electrons. The van der Waals surface area contributed by atoms with Gasteiger partial charge in [-0.2, -0.15) is 0 Å². The quantitative estimate of drug-likeness (QED) is 0.583. The summed E-state index contributed by atoms with van der Waals surface area (Å²) in [6, 6.07) is 4.73. The lowest BCUT2D eigenvalue weighted by molar-refractivity contribution is 0.146. The van der Waals surface area contributed by atoms with E-state index >= 15 is 0 Å². The summed E-state index contributed by atoms with van der Waals surface area (Å²) in [6.45, 7) is 4.97. The highest BCUT2D eigenvalue weighted by Crippen LogP contribution is 2.14. The fourth-order valence-electron chi connectivity index (χ4n) is 1.69. The van der Waals surface area contributed by atoms with Crippen LogP contribution >= 0.6 is 0 Å². The van der Waals surface area contributed by atoms with Gasteiger partial charge in [-0.1, -0.05) is 11.8 Å². The summed E-state index contributed by atoms with van der Waals surface area (Å²) in [5.41, 5.74) is 1.47. The Morgan fingerprint density at radius 1 is 1.38 bits per heavy atom. The standard InChI is InChI=1S/C15H21NO4S/c1-3-20-11-5-9-16-21(18,19)15-8-7-14(6-4-10-17)13(2)12-15/h7-8,12,16-17H,3,5,9-11H2,1-2H3. The van der Waals surface area contributed by atoms with Crippen molar-refractivity contribution in [3.63, 3.8) is 0 Å². The summed E-state index contributed by atoms with van der Waals surface area (Å²) in [6.07, 6.45) is 0.631. The van der Waals surface area contributed by atoms with Crippen LogP contribution < -0.4 is 4.72 Å². The van der Waals surface area contributed by atoms with Gasteiger partial charge in [0.2, 0.25) is 10.0 Å². The Kier molecular flexibility index (Phi) is 7.40. The second-order valence-corrected chi connectivity index (χ2v) is 6.15. The van der Waals surface area contributed by atoms with E-state index in [1.165, 1.54) is 6.07 Å². The minimum atomic E-state index is -3.51. The predicted octanol–water partition coefficient (Wildman–Crippen LogP) is 1.04. The van der Waals surface area contributed by atoms with Crippen LogP contribution in [0.2, 0.25) is 0 Å². The molecule has 5 nitrogen and oxygen atoms in total. The van der Waals surface area contributed by atoms with E-state index in [0.717, 1.165) is 5.56 Å². The maximum Gasteiger partial charge on any atom is 0.240 e. The van der Waals surface area contributed by atoms with Gasteiger partial charge in [-0.05, 0) is 44.0 Å². The Bertz CT molecular complexity index is 614. The van der Waals surface area contributed by atoms with E-state index in [0.29, 0.717) is 31.7 Å². The van der Waals surface area contributed by atoms with Crippen molar-refractivity contribution >= 4 is 10.0 Å². The van der Waals surface area contributed by atoms with Gasteiger partial charge in [0.1, 0.15) is 6.61 Å². The molecule has 0 aromatic heterocycles. The van der Waals surface area contributed by atoms with Crippen molar-refractivity contribution in [2.24, 2.45) is 0 Å². The molecule has 6 heteroatoms. The lowest BCUT2D eigenvalue weighted by Gasteiger charge is -2.08. The zero-order chi connectivity index (χ0) is 15.7. The van der Waals surface area contributed by atoms with E-state index in [4.69, 9.17) is 9.84 Å². The van der Waals surface area contributed by atoms with Crippen molar-refractivity contribution in [2.45, 2.75) is 25.2 Å². The first-order valence-electron chi connectivity index (χ1n) is 6.79. The molecule has 116 valence electrons. The van der Waals surface area contributed by atoms with Crippen molar-refractivity contribution < 1.29 is 18.3 Å². The molecule has 0 aliphatic rings. The number of aliphatic hydroxyl groups excluding tert-OH is 1. The van der Waals surface area contributed by atoms with Gasteiger partial charge in [0.15, 0.2) is 0 Å². The van der Waals surface area contributed by atoms with Crippen molar-refractivity contribution in [3.05, 3.63) is 29.3 Å². The molecule has 0 saturated heterocycles. The monoisotopic (exact) mass is 311 g/mol. The maximum absolute atomic E-state index is 12.1. The number of nitrogens with one attached hydrogen (secondary N) is 1. The first kappa shape index (κ1) is 17.7. The van der Waals surface area contributed by atoms with E-state index in [-0.39, 0.29) is 11.5 Å². The Labute approximate surface area is 126 Å². The average Bonchev–Trinajstić information content (AvgIpc) is 2.45. The first-order valence-corrected chi connectivity index (χ1v) is 8.27. The second kappa shape index (κ2) is 8.80. The molecular weight excluding hydrogens is 290 g/mol. The first-order chi connectivity index (χ1) is 10.0. The van der Waals surface area contributed by atoms with Crippen LogP contribution in [0.5, 0.6) is 0 Å². The van der Waals surface area contributed by atoms with Crippen LogP contribution in [0.25, 0.3) is 0 Å². The van der Waals surface area contributed by atoms with Crippen molar-refractivity contribution in [3.8, 4) is 11.8 Å². The molecule has 2 N–H and O–H groups in total. The number of rotatable bonds is 7. The van der Waals surface area contributed by atoms with E-state index in [1.54, 1.807) is 19.1 Å². The fourth-order valence-corrected chi connectivity index (χ4v) is 2.85. The predicted molar refractivity (Wildman–Crippen MR) is 81.4 cm³/mol. The smallest absolute Gasteiger partial charge is 0.240 e. The normalized spacial score (nSPS) is 11.0. The third-order valence-electron chi connectivity index (χ3n) is 2.77. The Morgan fingerprint density at radius 2 is 2.14 bits per heavy atom. The van der Waals surface area contributed by atoms with E-state index in [1.807, 2.05) is 6.92 Å². The lowest BCUT2D eigenvalue weighted by Crippen LogP contribution is -2.25. The molecule has 0 atom stereocenters. The summed E-state index contributed by atoms with van der Waals surface area (Å²) in [5, 5.41) is 8.67. The largest absolute Gasteiger partial charge is 0.384 e. The zero-order valence-electron chi connectivity index (χ0n) is 12.3. The highest BCUT2D eigenvalue weighted by molar-refractivity contribution is 7.89. The molecule has 1 rings (SSSR count). The zero-order valence-corrected chi connectivity index (χ0v) is 13.2. The van der Waals surface area contributed by atoms with Crippen LogP contribution in [0, 0.1) is 18.8 Å². The molecule has 0 aliphatic carbocycles. The maximum atomic E-state index is 12.1. The molecule has 0 spiro atoms. The van der Waals surface area contributed by atoms with Gasteiger partial charge in [0.05, 0.1) is 4.90 Å². The number of hydrogen-bond donors (Lipinski definition) is 2.